The molecule has 1 saturated carbocycles. The summed E-state index contributed by atoms with van der Waals surface area (Å²) >= 11 is 0. The van der Waals surface area contributed by atoms with E-state index in [0.717, 1.165) is 42.5 Å². The number of amides is 1. The highest BCUT2D eigenvalue weighted by Crippen LogP contribution is 2.26. The fourth-order valence-corrected chi connectivity index (χ4v) is 3.32. The molecule has 1 atom stereocenters. The average molecular weight is 354 g/mol. The molecule has 0 bridgehead atoms. The highest BCUT2D eigenvalue weighted by Gasteiger charge is 2.22. The third kappa shape index (κ3) is 5.15. The van der Waals surface area contributed by atoms with E-state index in [4.69, 9.17) is 4.84 Å². The minimum Gasteiger partial charge on any atom is -0.298 e. The molecule has 26 heavy (non-hydrogen) atoms. The monoisotopic (exact) mass is 354 g/mol. The lowest BCUT2D eigenvalue weighted by molar-refractivity contribution is 0.165. The first kappa shape index (κ1) is 18.1. The molecular weight excluding hydrogens is 331 g/mol. The maximum Gasteiger partial charge on any atom is 0.437 e. The van der Waals surface area contributed by atoms with E-state index in [9.17, 15) is 9.18 Å². The van der Waals surface area contributed by atoms with E-state index in [1.165, 1.54) is 6.07 Å². The number of nitrogens with zero attached hydrogens (tertiary/aromatic N) is 1. The van der Waals surface area contributed by atoms with Crippen molar-refractivity contribution in [3.8, 4) is 0 Å². The third-order valence-corrected chi connectivity index (χ3v) is 4.59. The highest BCUT2D eigenvalue weighted by atomic mass is 19.1. The van der Waals surface area contributed by atoms with Crippen LogP contribution in [-0.4, -0.2) is 11.8 Å². The molecule has 0 aliphatic heterocycles. The average Bonchev–Trinajstić information content (AvgIpc) is 2.61. The minimum absolute atomic E-state index is 0.178. The quantitative estimate of drug-likeness (QED) is 0.584. The van der Waals surface area contributed by atoms with Crippen molar-refractivity contribution in [2.24, 2.45) is 11.1 Å². The Morgan fingerprint density at radius 2 is 2.08 bits per heavy atom. The van der Waals surface area contributed by atoms with Crippen LogP contribution in [0.5, 0.6) is 0 Å². The first-order valence-electron chi connectivity index (χ1n) is 8.96. The third-order valence-electron chi connectivity index (χ3n) is 4.59. The molecular formula is C21H23FN2O2. The number of halogens is 1. The van der Waals surface area contributed by atoms with Crippen LogP contribution in [0.25, 0.3) is 0 Å². The molecule has 4 nitrogen and oxygen atoms in total. The lowest BCUT2D eigenvalue weighted by Gasteiger charge is -2.23. The van der Waals surface area contributed by atoms with Crippen LogP contribution < -0.4 is 5.32 Å². The van der Waals surface area contributed by atoms with Crippen molar-refractivity contribution in [2.45, 2.75) is 39.0 Å². The molecule has 1 aliphatic rings. The largest absolute Gasteiger partial charge is 0.437 e. The summed E-state index contributed by atoms with van der Waals surface area (Å²) in [6.45, 7) is 1.95. The zero-order valence-corrected chi connectivity index (χ0v) is 14.9. The molecule has 1 aliphatic carbocycles. The first-order chi connectivity index (χ1) is 12.6. The van der Waals surface area contributed by atoms with Gasteiger partial charge in [0.1, 0.15) is 5.82 Å². The minimum atomic E-state index is -0.599. The Labute approximate surface area is 153 Å². The van der Waals surface area contributed by atoms with Crippen LogP contribution in [0.2, 0.25) is 0 Å². The molecule has 1 N–H and O–H groups in total. The van der Waals surface area contributed by atoms with Gasteiger partial charge < -0.3 is 0 Å². The number of rotatable bonds is 4. The van der Waals surface area contributed by atoms with E-state index in [1.807, 2.05) is 31.2 Å². The van der Waals surface area contributed by atoms with Crippen molar-refractivity contribution in [3.63, 3.8) is 0 Å². The van der Waals surface area contributed by atoms with E-state index in [2.05, 4.69) is 10.5 Å². The van der Waals surface area contributed by atoms with Gasteiger partial charge in [-0.2, -0.15) is 0 Å². The Balaban J connectivity index is 1.62. The van der Waals surface area contributed by atoms with Crippen molar-refractivity contribution in [2.75, 3.05) is 5.32 Å². The number of hydrogen-bond donors (Lipinski definition) is 1. The Hall–Kier alpha value is -2.69. The summed E-state index contributed by atoms with van der Waals surface area (Å²) in [5, 5.41) is 6.79. The molecule has 3 rings (SSSR count). The van der Waals surface area contributed by atoms with Crippen molar-refractivity contribution >= 4 is 17.5 Å². The van der Waals surface area contributed by atoms with Gasteiger partial charge in [0.15, 0.2) is 0 Å². The topological polar surface area (TPSA) is 50.7 Å². The lowest BCUT2D eigenvalue weighted by Crippen LogP contribution is -2.23. The fourth-order valence-electron chi connectivity index (χ4n) is 3.32. The van der Waals surface area contributed by atoms with Gasteiger partial charge in [0, 0.05) is 11.6 Å². The maximum atomic E-state index is 13.4. The second kappa shape index (κ2) is 8.61. The number of anilines is 1. The molecule has 2 aromatic rings. The molecule has 0 heterocycles. The van der Waals surface area contributed by atoms with Gasteiger partial charge in [0.2, 0.25) is 0 Å². The number of nitrogens with one attached hydrogen (secondary N) is 1. The van der Waals surface area contributed by atoms with Crippen molar-refractivity contribution in [3.05, 3.63) is 65.5 Å². The molecule has 5 heteroatoms. The van der Waals surface area contributed by atoms with Gasteiger partial charge in [-0.3, -0.25) is 10.2 Å². The van der Waals surface area contributed by atoms with Gasteiger partial charge in [-0.15, -0.1) is 0 Å². The van der Waals surface area contributed by atoms with Crippen LogP contribution in [0, 0.1) is 18.7 Å². The molecule has 136 valence electrons. The van der Waals surface area contributed by atoms with Crippen LogP contribution in [0.15, 0.2) is 53.7 Å². The fraction of sp³-hybridized carbons (Fsp3) is 0.333. The highest BCUT2D eigenvalue weighted by molar-refractivity contribution is 5.89. The van der Waals surface area contributed by atoms with Crippen LogP contribution in [0.1, 0.15) is 36.8 Å². The number of benzene rings is 2. The van der Waals surface area contributed by atoms with Crippen molar-refractivity contribution in [1.82, 2.24) is 0 Å². The molecule has 0 spiro atoms. The Morgan fingerprint density at radius 3 is 2.88 bits per heavy atom. The molecule has 1 amide bonds. The van der Waals surface area contributed by atoms with Crippen LogP contribution in [0.3, 0.4) is 0 Å². The summed E-state index contributed by atoms with van der Waals surface area (Å²) in [5.41, 5.74) is 3.54. The number of hydrogen-bond acceptors (Lipinski definition) is 3. The van der Waals surface area contributed by atoms with E-state index in [1.54, 1.807) is 18.2 Å². The van der Waals surface area contributed by atoms with Gasteiger partial charge in [-0.1, -0.05) is 35.8 Å². The van der Waals surface area contributed by atoms with Crippen molar-refractivity contribution in [1.29, 1.82) is 0 Å². The van der Waals surface area contributed by atoms with Gasteiger partial charge in [0.25, 0.3) is 0 Å². The number of carbonyl (C=O) groups is 1. The normalized spacial score (nSPS) is 18.5. The molecule has 0 saturated heterocycles. The van der Waals surface area contributed by atoms with Gasteiger partial charge in [0.05, 0.1) is 5.71 Å². The summed E-state index contributed by atoms with van der Waals surface area (Å²) in [6.07, 6.45) is 4.02. The maximum absolute atomic E-state index is 13.4. The Bertz CT molecular complexity index is 804. The molecule has 2 aromatic carbocycles. The zero-order chi connectivity index (χ0) is 18.4. The number of aryl methyl sites for hydroxylation is 1. The van der Waals surface area contributed by atoms with Gasteiger partial charge >= 0.3 is 6.09 Å². The smallest absolute Gasteiger partial charge is 0.298 e. The van der Waals surface area contributed by atoms with Crippen LogP contribution in [0.4, 0.5) is 14.9 Å². The summed E-state index contributed by atoms with van der Waals surface area (Å²) in [4.78, 5) is 17.1. The van der Waals surface area contributed by atoms with Crippen LogP contribution in [-0.2, 0) is 11.3 Å². The number of oxime groups is 1. The van der Waals surface area contributed by atoms with E-state index in [0.29, 0.717) is 12.1 Å². The van der Waals surface area contributed by atoms with E-state index < -0.39 is 6.09 Å². The van der Waals surface area contributed by atoms with Gasteiger partial charge in [-0.05, 0) is 68.0 Å². The van der Waals surface area contributed by atoms with E-state index >= 15 is 0 Å². The standard InChI is InChI=1S/C21H23FN2O2/c1-15-6-4-10-19(12-15)23-21(25)26-24-20-11-3-2-8-17(20)13-16-7-5-9-18(22)14-16/h4-7,9-10,12,14,17H,2-3,8,11,13H2,1H3,(H,23,25). The van der Waals surface area contributed by atoms with Crippen molar-refractivity contribution < 1.29 is 14.0 Å². The summed E-state index contributed by atoms with van der Waals surface area (Å²) in [7, 11) is 0. The van der Waals surface area contributed by atoms with Gasteiger partial charge in [-0.25, -0.2) is 9.18 Å². The van der Waals surface area contributed by atoms with Crippen LogP contribution >= 0.6 is 0 Å². The second-order valence-corrected chi connectivity index (χ2v) is 6.73. The molecule has 1 fully saturated rings. The predicted molar refractivity (Wildman–Crippen MR) is 101 cm³/mol. The first-order valence-corrected chi connectivity index (χ1v) is 8.96. The predicted octanol–water partition coefficient (Wildman–Crippen LogP) is 5.47. The molecule has 0 radical (unpaired) electrons. The lowest BCUT2D eigenvalue weighted by atomic mass is 9.83. The molecule has 1 unspecified atom stereocenters. The SMILES string of the molecule is Cc1cccc(NC(=O)ON=C2CCCCC2Cc2cccc(F)c2)c1. The number of carbonyl (C=O) groups excluding carboxylic acids is 1. The Morgan fingerprint density at radius 1 is 1.23 bits per heavy atom. The summed E-state index contributed by atoms with van der Waals surface area (Å²) in [6, 6.07) is 14.1. The van der Waals surface area contributed by atoms with E-state index in [-0.39, 0.29) is 11.7 Å². The molecule has 0 aromatic heterocycles. The Kier molecular flexibility index (Phi) is 6.00. The zero-order valence-electron chi connectivity index (χ0n) is 14.9. The second-order valence-electron chi connectivity index (χ2n) is 6.73. The summed E-state index contributed by atoms with van der Waals surface area (Å²) in [5.74, 6) is -0.0529. The summed E-state index contributed by atoms with van der Waals surface area (Å²) < 4.78 is 13.4.